The Balaban J connectivity index is 1.60. The fourth-order valence-electron chi connectivity index (χ4n) is 2.35. The highest BCUT2D eigenvalue weighted by Gasteiger charge is 2.20. The zero-order valence-corrected chi connectivity index (χ0v) is 16.9. The zero-order valence-electron chi connectivity index (χ0n) is 15.3. The van der Waals surface area contributed by atoms with Crippen LogP contribution in [0.25, 0.3) is 0 Å². The van der Waals surface area contributed by atoms with Gasteiger partial charge < -0.3 is 10.6 Å². The molecule has 0 saturated carbocycles. The van der Waals surface area contributed by atoms with E-state index in [-0.39, 0.29) is 17.0 Å². The van der Waals surface area contributed by atoms with Gasteiger partial charge in [-0.1, -0.05) is 23.1 Å². The van der Waals surface area contributed by atoms with Crippen molar-refractivity contribution < 1.29 is 9.18 Å². The molecule has 1 unspecified atom stereocenters. The van der Waals surface area contributed by atoms with E-state index in [9.17, 15) is 9.18 Å². The van der Waals surface area contributed by atoms with Crippen LogP contribution in [0.2, 0.25) is 0 Å². The van der Waals surface area contributed by atoms with Gasteiger partial charge in [-0.25, -0.2) is 4.39 Å². The van der Waals surface area contributed by atoms with Gasteiger partial charge >= 0.3 is 0 Å². The van der Waals surface area contributed by atoms with Crippen LogP contribution in [0.15, 0.2) is 28.6 Å². The Morgan fingerprint density at radius 3 is 2.59 bits per heavy atom. The number of halogens is 1. The van der Waals surface area contributed by atoms with Crippen molar-refractivity contribution in [3.8, 4) is 0 Å². The van der Waals surface area contributed by atoms with E-state index < -0.39 is 0 Å². The summed E-state index contributed by atoms with van der Waals surface area (Å²) in [5, 5.41) is 18.7. The normalized spacial score (nSPS) is 12.0. The van der Waals surface area contributed by atoms with Crippen molar-refractivity contribution in [1.82, 2.24) is 20.0 Å². The first-order chi connectivity index (χ1) is 12.8. The van der Waals surface area contributed by atoms with Crippen molar-refractivity contribution >= 4 is 45.5 Å². The lowest BCUT2D eigenvalue weighted by atomic mass is 10.3. The Bertz CT molecular complexity index is 953. The average Bonchev–Trinajstić information content (AvgIpc) is 3.16. The Morgan fingerprint density at radius 2 is 1.96 bits per heavy atom. The molecular weight excluding hydrogens is 387 g/mol. The number of amides is 1. The predicted molar refractivity (Wildman–Crippen MR) is 106 cm³/mol. The molecule has 0 spiro atoms. The van der Waals surface area contributed by atoms with E-state index in [1.165, 1.54) is 35.2 Å². The highest BCUT2D eigenvalue weighted by Crippen LogP contribution is 2.31. The highest BCUT2D eigenvalue weighted by molar-refractivity contribution is 8.02. The predicted octanol–water partition coefficient (Wildman–Crippen LogP) is 3.89. The molecule has 0 bridgehead atoms. The number of hydrogen-bond donors (Lipinski definition) is 2. The summed E-state index contributed by atoms with van der Waals surface area (Å²) in [5.74, 6) is -0.421. The SMILES string of the molecule is Cc1nn(C)c(C)c1NC(=O)C(C)Sc1nnc(Nc2ccc(F)cc2)s1. The molecular formula is C17H19FN6OS2. The first-order valence-electron chi connectivity index (χ1n) is 8.17. The Labute approximate surface area is 164 Å². The molecule has 0 aliphatic carbocycles. The average molecular weight is 407 g/mol. The van der Waals surface area contributed by atoms with E-state index in [2.05, 4.69) is 25.9 Å². The minimum absolute atomic E-state index is 0.123. The molecule has 0 saturated heterocycles. The first kappa shape index (κ1) is 19.3. The number of aryl methyl sites for hydroxylation is 2. The molecule has 3 aromatic rings. The quantitative estimate of drug-likeness (QED) is 0.604. The van der Waals surface area contributed by atoms with E-state index in [4.69, 9.17) is 0 Å². The van der Waals surface area contributed by atoms with Gasteiger partial charge in [0, 0.05) is 12.7 Å². The minimum Gasteiger partial charge on any atom is -0.330 e. The number of anilines is 3. The van der Waals surface area contributed by atoms with Gasteiger partial charge in [0.15, 0.2) is 4.34 Å². The third kappa shape index (κ3) is 4.64. The van der Waals surface area contributed by atoms with Crippen LogP contribution in [0.4, 0.5) is 20.9 Å². The Morgan fingerprint density at radius 1 is 1.26 bits per heavy atom. The van der Waals surface area contributed by atoms with E-state index in [1.54, 1.807) is 16.8 Å². The second kappa shape index (κ2) is 8.05. The number of benzene rings is 1. The number of rotatable bonds is 6. The van der Waals surface area contributed by atoms with E-state index in [0.29, 0.717) is 9.47 Å². The van der Waals surface area contributed by atoms with Crippen LogP contribution >= 0.6 is 23.1 Å². The summed E-state index contributed by atoms with van der Waals surface area (Å²) in [6.45, 7) is 5.58. The lowest BCUT2D eigenvalue weighted by molar-refractivity contribution is -0.115. The Kier molecular flexibility index (Phi) is 5.76. The van der Waals surface area contributed by atoms with Crippen molar-refractivity contribution in [3.63, 3.8) is 0 Å². The first-order valence-corrected chi connectivity index (χ1v) is 9.87. The maximum absolute atomic E-state index is 13.0. The fraction of sp³-hybridized carbons (Fsp3) is 0.294. The maximum atomic E-state index is 13.0. The largest absolute Gasteiger partial charge is 0.330 e. The maximum Gasteiger partial charge on any atom is 0.237 e. The van der Waals surface area contributed by atoms with Crippen molar-refractivity contribution in [2.75, 3.05) is 10.6 Å². The monoisotopic (exact) mass is 406 g/mol. The summed E-state index contributed by atoms with van der Waals surface area (Å²) in [6, 6.07) is 5.98. The second-order valence-electron chi connectivity index (χ2n) is 5.92. The molecule has 1 atom stereocenters. The van der Waals surface area contributed by atoms with Crippen molar-refractivity contribution in [2.45, 2.75) is 30.4 Å². The number of hydrogen-bond acceptors (Lipinski definition) is 7. The van der Waals surface area contributed by atoms with Crippen molar-refractivity contribution in [3.05, 3.63) is 41.5 Å². The summed E-state index contributed by atoms with van der Waals surface area (Å²) in [6.07, 6.45) is 0. The molecule has 10 heteroatoms. The van der Waals surface area contributed by atoms with Gasteiger partial charge in [-0.15, -0.1) is 10.2 Å². The Hall–Kier alpha value is -2.46. The summed E-state index contributed by atoms with van der Waals surface area (Å²) in [5.41, 5.74) is 3.14. The zero-order chi connectivity index (χ0) is 19.6. The van der Waals surface area contributed by atoms with Crippen LogP contribution in [-0.4, -0.2) is 31.1 Å². The molecule has 0 radical (unpaired) electrons. The van der Waals surface area contributed by atoms with Gasteiger partial charge in [0.25, 0.3) is 0 Å². The minimum atomic E-state index is -0.351. The van der Waals surface area contributed by atoms with Crippen LogP contribution < -0.4 is 10.6 Å². The molecule has 3 rings (SSSR count). The summed E-state index contributed by atoms with van der Waals surface area (Å²) >= 11 is 2.66. The second-order valence-corrected chi connectivity index (χ2v) is 8.49. The van der Waals surface area contributed by atoms with Gasteiger partial charge in [-0.3, -0.25) is 9.48 Å². The van der Waals surface area contributed by atoms with Gasteiger partial charge in [0.1, 0.15) is 5.82 Å². The van der Waals surface area contributed by atoms with Crippen molar-refractivity contribution in [2.24, 2.45) is 7.05 Å². The molecule has 7 nitrogen and oxygen atoms in total. The van der Waals surface area contributed by atoms with E-state index in [1.807, 2.05) is 27.8 Å². The fourth-order valence-corrected chi connectivity index (χ4v) is 4.26. The van der Waals surface area contributed by atoms with Gasteiger partial charge in [-0.05, 0) is 45.0 Å². The molecule has 2 N–H and O–H groups in total. The molecule has 0 fully saturated rings. The van der Waals surface area contributed by atoms with Crippen LogP contribution in [0.5, 0.6) is 0 Å². The number of aromatic nitrogens is 4. The molecule has 2 aromatic heterocycles. The molecule has 0 aliphatic rings. The van der Waals surface area contributed by atoms with Gasteiger partial charge in [-0.2, -0.15) is 5.10 Å². The highest BCUT2D eigenvalue weighted by atomic mass is 32.2. The molecule has 1 aromatic carbocycles. The third-order valence-electron chi connectivity index (χ3n) is 3.91. The molecule has 27 heavy (non-hydrogen) atoms. The lowest BCUT2D eigenvalue weighted by Crippen LogP contribution is -2.23. The molecule has 0 aliphatic heterocycles. The molecule has 142 valence electrons. The number of thioether (sulfide) groups is 1. The topological polar surface area (TPSA) is 84.7 Å². The molecule has 2 heterocycles. The third-order valence-corrected chi connectivity index (χ3v) is 5.93. The van der Waals surface area contributed by atoms with Gasteiger partial charge in [0.2, 0.25) is 11.0 Å². The molecule has 1 amide bonds. The van der Waals surface area contributed by atoms with Gasteiger partial charge in [0.05, 0.1) is 22.3 Å². The van der Waals surface area contributed by atoms with Crippen LogP contribution in [0.3, 0.4) is 0 Å². The van der Waals surface area contributed by atoms with Crippen LogP contribution in [0.1, 0.15) is 18.3 Å². The summed E-state index contributed by atoms with van der Waals surface area (Å²) in [7, 11) is 1.84. The summed E-state index contributed by atoms with van der Waals surface area (Å²) in [4.78, 5) is 12.5. The number of carbonyl (C=O) groups is 1. The lowest BCUT2D eigenvalue weighted by Gasteiger charge is -2.10. The standard InChI is InChI=1S/C17H19FN6OS2/c1-9-14(10(2)24(4)23-9)20-15(25)11(3)26-17-22-21-16(27-17)19-13-7-5-12(18)6-8-13/h5-8,11H,1-4H3,(H,19,21)(H,20,25). The van der Waals surface area contributed by atoms with E-state index in [0.717, 1.165) is 22.8 Å². The van der Waals surface area contributed by atoms with Crippen molar-refractivity contribution in [1.29, 1.82) is 0 Å². The number of nitrogens with one attached hydrogen (secondary N) is 2. The number of carbonyl (C=O) groups excluding carboxylic acids is 1. The van der Waals surface area contributed by atoms with Crippen LogP contribution in [0, 0.1) is 19.7 Å². The van der Waals surface area contributed by atoms with E-state index >= 15 is 0 Å². The smallest absolute Gasteiger partial charge is 0.237 e. The number of nitrogens with zero attached hydrogens (tertiary/aromatic N) is 4. The summed E-state index contributed by atoms with van der Waals surface area (Å²) < 4.78 is 15.4. The van der Waals surface area contributed by atoms with Crippen LogP contribution in [-0.2, 0) is 11.8 Å².